The molecule has 2 aliphatic carbocycles. The number of nitrogens with zero attached hydrogens (tertiary/aromatic N) is 1. The van der Waals surface area contributed by atoms with E-state index in [2.05, 4.69) is 31.3 Å². The van der Waals surface area contributed by atoms with Gasteiger partial charge in [-0.25, -0.2) is 4.79 Å². The van der Waals surface area contributed by atoms with Gasteiger partial charge in [0, 0.05) is 42.6 Å². The van der Waals surface area contributed by atoms with Crippen molar-refractivity contribution in [1.82, 2.24) is 10.2 Å². The molecule has 0 spiro atoms. The largest absolute Gasteiger partial charge is 0.446 e. The number of rotatable bonds is 3. The van der Waals surface area contributed by atoms with E-state index in [0.717, 1.165) is 29.7 Å². The zero-order valence-electron chi connectivity index (χ0n) is 15.8. The van der Waals surface area contributed by atoms with E-state index in [4.69, 9.17) is 4.74 Å². The lowest BCUT2D eigenvalue weighted by molar-refractivity contribution is -0.123. The molecule has 0 aromatic carbocycles. The fourth-order valence-electron chi connectivity index (χ4n) is 4.20. The van der Waals surface area contributed by atoms with Crippen molar-refractivity contribution >= 4 is 12.0 Å². The van der Waals surface area contributed by atoms with Gasteiger partial charge in [-0.3, -0.25) is 4.79 Å². The monoisotopic (exact) mass is 344 g/mol. The van der Waals surface area contributed by atoms with Crippen LogP contribution >= 0.6 is 0 Å². The number of carbonyl (C=O) groups is 2. The Bertz CT molecular complexity index is 704. The molecule has 0 aromatic rings. The number of ether oxygens (including phenoxy) is 1. The lowest BCUT2D eigenvalue weighted by Gasteiger charge is -2.46. The van der Waals surface area contributed by atoms with E-state index in [1.54, 1.807) is 4.90 Å². The van der Waals surface area contributed by atoms with Crippen LogP contribution in [0.4, 0.5) is 4.79 Å². The molecule has 136 valence electrons. The van der Waals surface area contributed by atoms with Gasteiger partial charge in [0.15, 0.2) is 0 Å². The van der Waals surface area contributed by atoms with Crippen molar-refractivity contribution < 1.29 is 14.3 Å². The summed E-state index contributed by atoms with van der Waals surface area (Å²) in [6.07, 6.45) is 6.26. The molecular weight excluding hydrogens is 316 g/mol. The molecule has 25 heavy (non-hydrogen) atoms. The molecule has 1 N–H and O–H groups in total. The highest BCUT2D eigenvalue weighted by atomic mass is 16.6. The second kappa shape index (κ2) is 6.36. The van der Waals surface area contributed by atoms with Crippen LogP contribution in [0.2, 0.25) is 0 Å². The summed E-state index contributed by atoms with van der Waals surface area (Å²) in [5, 5.41) is 2.79. The van der Waals surface area contributed by atoms with Crippen LogP contribution in [0.1, 0.15) is 47.0 Å². The fraction of sp³-hybridized carbons (Fsp3) is 0.600. The predicted molar refractivity (Wildman–Crippen MR) is 96.7 cm³/mol. The summed E-state index contributed by atoms with van der Waals surface area (Å²) in [6.45, 7) is 8.93. The number of alkyl carbamates (subject to hydrolysis) is 1. The molecule has 0 fully saturated rings. The molecule has 1 aliphatic heterocycles. The van der Waals surface area contributed by atoms with Gasteiger partial charge in [0.25, 0.3) is 5.91 Å². The number of allylic oxidation sites excluding steroid dienone is 3. The molecule has 1 heterocycles. The molecule has 0 radical (unpaired) electrons. The average Bonchev–Trinajstić information content (AvgIpc) is 2.79. The number of hydrogen-bond acceptors (Lipinski definition) is 3. The maximum atomic E-state index is 12.3. The number of amides is 2. The zero-order valence-corrected chi connectivity index (χ0v) is 15.8. The lowest BCUT2D eigenvalue weighted by atomic mass is 9.60. The number of hydrogen-bond donors (Lipinski definition) is 1. The van der Waals surface area contributed by atoms with Crippen LogP contribution in [0.5, 0.6) is 0 Å². The Kier molecular flexibility index (Phi) is 4.52. The Labute approximate surface area is 149 Å². The van der Waals surface area contributed by atoms with Gasteiger partial charge >= 0.3 is 6.09 Å². The Morgan fingerprint density at radius 2 is 2.20 bits per heavy atom. The normalized spacial score (nSPS) is 31.2. The van der Waals surface area contributed by atoms with Gasteiger partial charge in [-0.15, -0.1) is 0 Å². The third-order valence-electron chi connectivity index (χ3n) is 6.15. The molecule has 3 atom stereocenters. The Morgan fingerprint density at radius 1 is 1.48 bits per heavy atom. The van der Waals surface area contributed by atoms with Crippen LogP contribution in [-0.2, 0) is 9.53 Å². The molecule has 0 aromatic heterocycles. The second-order valence-corrected chi connectivity index (χ2v) is 7.65. The lowest BCUT2D eigenvalue weighted by Crippen LogP contribution is -2.44. The van der Waals surface area contributed by atoms with E-state index in [9.17, 15) is 9.59 Å². The van der Waals surface area contributed by atoms with Crippen molar-refractivity contribution in [2.45, 2.75) is 53.1 Å². The van der Waals surface area contributed by atoms with E-state index >= 15 is 0 Å². The van der Waals surface area contributed by atoms with E-state index in [1.807, 2.05) is 20.9 Å². The maximum Gasteiger partial charge on any atom is 0.407 e. The van der Waals surface area contributed by atoms with Crippen molar-refractivity contribution in [2.24, 2.45) is 11.3 Å². The minimum atomic E-state index is -0.336. The van der Waals surface area contributed by atoms with Crippen molar-refractivity contribution in [3.05, 3.63) is 34.6 Å². The maximum absolute atomic E-state index is 12.3. The van der Waals surface area contributed by atoms with E-state index < -0.39 is 0 Å². The van der Waals surface area contributed by atoms with Crippen LogP contribution in [0.25, 0.3) is 0 Å². The van der Waals surface area contributed by atoms with Crippen LogP contribution in [0.15, 0.2) is 34.6 Å². The second-order valence-electron chi connectivity index (χ2n) is 7.65. The van der Waals surface area contributed by atoms with E-state index in [1.165, 1.54) is 5.57 Å². The van der Waals surface area contributed by atoms with Crippen LogP contribution in [-0.4, -0.2) is 36.6 Å². The number of likely N-dealkylation sites (N-methyl/N-ethyl adjacent to an activating group) is 1. The Hall–Kier alpha value is -2.04. The zero-order chi connectivity index (χ0) is 18.4. The van der Waals surface area contributed by atoms with Crippen molar-refractivity contribution in [3.8, 4) is 0 Å². The molecule has 0 saturated heterocycles. The molecule has 3 unspecified atom stereocenters. The predicted octanol–water partition coefficient (Wildman–Crippen LogP) is 3.54. The van der Waals surface area contributed by atoms with Gasteiger partial charge in [-0.2, -0.15) is 0 Å². The quantitative estimate of drug-likeness (QED) is 0.852. The van der Waals surface area contributed by atoms with Gasteiger partial charge in [-0.1, -0.05) is 26.8 Å². The first-order chi connectivity index (χ1) is 11.8. The highest BCUT2D eigenvalue weighted by molar-refractivity contribution is 6.00. The highest BCUT2D eigenvalue weighted by Crippen LogP contribution is 2.54. The molecule has 0 saturated carbocycles. The molecule has 0 bridgehead atoms. The topological polar surface area (TPSA) is 58.6 Å². The molecule has 5 heteroatoms. The smallest absolute Gasteiger partial charge is 0.407 e. The standard InChI is InChI=1S/C20H28N2O3/c1-6-9-21-19(24)25-17-8-7-14-10-16-15(11-20(14,4)13(17)3)12(2)18(23)22(16)5/h7,10,13,17H,6,8-9,11H2,1-5H3,(H,21,24). The van der Waals surface area contributed by atoms with Crippen molar-refractivity contribution in [1.29, 1.82) is 0 Å². The summed E-state index contributed by atoms with van der Waals surface area (Å²) in [7, 11) is 1.84. The van der Waals surface area contributed by atoms with Gasteiger partial charge in [0.05, 0.1) is 0 Å². The molecular formula is C20H28N2O3. The summed E-state index contributed by atoms with van der Waals surface area (Å²) >= 11 is 0. The van der Waals surface area contributed by atoms with Crippen LogP contribution in [0, 0.1) is 11.3 Å². The number of carbonyl (C=O) groups excluding carboxylic acids is 2. The summed E-state index contributed by atoms with van der Waals surface area (Å²) in [5.41, 5.74) is 4.12. The van der Waals surface area contributed by atoms with Crippen LogP contribution in [0.3, 0.4) is 0 Å². The first-order valence-corrected chi connectivity index (χ1v) is 9.14. The van der Waals surface area contributed by atoms with Gasteiger partial charge in [0.1, 0.15) is 6.10 Å². The summed E-state index contributed by atoms with van der Waals surface area (Å²) in [6, 6.07) is 0. The third-order valence-corrected chi connectivity index (χ3v) is 6.15. The molecule has 2 amide bonds. The average molecular weight is 344 g/mol. The first kappa shape index (κ1) is 17.8. The van der Waals surface area contributed by atoms with Crippen LogP contribution < -0.4 is 5.32 Å². The Morgan fingerprint density at radius 3 is 2.88 bits per heavy atom. The first-order valence-electron chi connectivity index (χ1n) is 9.14. The minimum absolute atomic E-state index is 0.0866. The summed E-state index contributed by atoms with van der Waals surface area (Å²) in [4.78, 5) is 26.0. The molecule has 5 nitrogen and oxygen atoms in total. The van der Waals surface area contributed by atoms with Crippen molar-refractivity contribution in [2.75, 3.05) is 13.6 Å². The summed E-state index contributed by atoms with van der Waals surface area (Å²) in [5.74, 6) is 0.266. The van der Waals surface area contributed by atoms with E-state index in [0.29, 0.717) is 13.0 Å². The van der Waals surface area contributed by atoms with E-state index in [-0.39, 0.29) is 29.4 Å². The number of fused-ring (bicyclic) bond motifs is 2. The Balaban J connectivity index is 1.86. The third kappa shape index (κ3) is 2.79. The molecule has 3 rings (SSSR count). The molecule has 3 aliphatic rings. The fourth-order valence-corrected chi connectivity index (χ4v) is 4.20. The summed E-state index contributed by atoms with van der Waals surface area (Å²) < 4.78 is 5.69. The number of nitrogens with one attached hydrogen (secondary N) is 1. The van der Waals surface area contributed by atoms with Crippen molar-refractivity contribution in [3.63, 3.8) is 0 Å². The highest BCUT2D eigenvalue weighted by Gasteiger charge is 2.48. The van der Waals surface area contributed by atoms with Gasteiger partial charge in [-0.05, 0) is 37.0 Å². The van der Waals surface area contributed by atoms with Gasteiger partial charge in [0.2, 0.25) is 0 Å². The minimum Gasteiger partial charge on any atom is -0.446 e. The SMILES string of the molecule is CCCNC(=O)OC1CC=C2C=C3C(=C(C)C(=O)N3C)CC2(C)C1C. The van der Waals surface area contributed by atoms with Gasteiger partial charge < -0.3 is 15.0 Å².